The van der Waals surface area contributed by atoms with Crippen LogP contribution in [0, 0.1) is 11.3 Å². The van der Waals surface area contributed by atoms with Gasteiger partial charge in [0.05, 0.1) is 18.2 Å². The number of aryl methyl sites for hydroxylation is 1. The number of hydrogen-bond acceptors (Lipinski definition) is 2. The van der Waals surface area contributed by atoms with E-state index in [9.17, 15) is 0 Å². The van der Waals surface area contributed by atoms with E-state index in [0.717, 1.165) is 10.2 Å². The lowest BCUT2D eigenvalue weighted by Gasteiger charge is -1.98. The first-order valence-corrected chi connectivity index (χ1v) is 4.03. The Labute approximate surface area is 73.8 Å². The predicted molar refractivity (Wildman–Crippen MR) is 44.9 cm³/mol. The second-order valence-electron chi connectivity index (χ2n) is 2.37. The Hall–Kier alpha value is -0.820. The summed E-state index contributed by atoms with van der Waals surface area (Å²) in [5.74, 6) is -0.0990. The van der Waals surface area contributed by atoms with Crippen molar-refractivity contribution in [1.82, 2.24) is 9.78 Å². The van der Waals surface area contributed by atoms with Crippen molar-refractivity contribution >= 4 is 15.9 Å². The first-order valence-electron chi connectivity index (χ1n) is 3.23. The molecule has 1 unspecified atom stereocenters. The van der Waals surface area contributed by atoms with Gasteiger partial charge in [0.25, 0.3) is 0 Å². The molecule has 0 aliphatic rings. The molecular formula is C7H8BrN3. The molecule has 1 rings (SSSR count). The van der Waals surface area contributed by atoms with Gasteiger partial charge in [-0.1, -0.05) is 0 Å². The van der Waals surface area contributed by atoms with E-state index < -0.39 is 0 Å². The molecule has 1 atom stereocenters. The SMILES string of the molecule is CC(C#N)c1cnn(C)c1Br. The summed E-state index contributed by atoms with van der Waals surface area (Å²) in [7, 11) is 1.83. The Balaban J connectivity index is 3.07. The van der Waals surface area contributed by atoms with E-state index in [2.05, 4.69) is 27.1 Å². The summed E-state index contributed by atoms with van der Waals surface area (Å²) in [6.07, 6.45) is 1.71. The summed E-state index contributed by atoms with van der Waals surface area (Å²) in [6.45, 7) is 1.85. The standard InChI is InChI=1S/C7H8BrN3/c1-5(3-9)6-4-10-11(2)7(6)8/h4-5H,1-2H3. The maximum Gasteiger partial charge on any atom is 0.108 e. The van der Waals surface area contributed by atoms with Crippen LogP contribution in [0.2, 0.25) is 0 Å². The fourth-order valence-corrected chi connectivity index (χ4v) is 1.34. The van der Waals surface area contributed by atoms with E-state index in [4.69, 9.17) is 5.26 Å². The van der Waals surface area contributed by atoms with Crippen molar-refractivity contribution in [3.63, 3.8) is 0 Å². The van der Waals surface area contributed by atoms with Crippen molar-refractivity contribution in [1.29, 1.82) is 5.26 Å². The van der Waals surface area contributed by atoms with E-state index >= 15 is 0 Å². The highest BCUT2D eigenvalue weighted by Crippen LogP contribution is 2.22. The summed E-state index contributed by atoms with van der Waals surface area (Å²) in [6, 6.07) is 2.15. The van der Waals surface area contributed by atoms with E-state index in [1.165, 1.54) is 0 Å². The van der Waals surface area contributed by atoms with Crippen molar-refractivity contribution < 1.29 is 0 Å². The Morgan fingerprint density at radius 1 is 1.82 bits per heavy atom. The highest BCUT2D eigenvalue weighted by atomic mass is 79.9. The number of rotatable bonds is 1. The lowest BCUT2D eigenvalue weighted by molar-refractivity contribution is 0.747. The second kappa shape index (κ2) is 3.05. The first-order chi connectivity index (χ1) is 5.16. The van der Waals surface area contributed by atoms with Gasteiger partial charge in [-0.25, -0.2) is 0 Å². The summed E-state index contributed by atoms with van der Waals surface area (Å²) in [5, 5.41) is 12.6. The largest absolute Gasteiger partial charge is 0.261 e. The Morgan fingerprint density at radius 3 is 2.82 bits per heavy atom. The summed E-state index contributed by atoms with van der Waals surface area (Å²) in [5.41, 5.74) is 0.940. The molecular weight excluding hydrogens is 206 g/mol. The summed E-state index contributed by atoms with van der Waals surface area (Å²) < 4.78 is 2.58. The number of hydrogen-bond donors (Lipinski definition) is 0. The minimum Gasteiger partial charge on any atom is -0.261 e. The topological polar surface area (TPSA) is 41.6 Å². The summed E-state index contributed by atoms with van der Waals surface area (Å²) >= 11 is 3.34. The highest BCUT2D eigenvalue weighted by Gasteiger charge is 2.11. The zero-order valence-corrected chi connectivity index (χ0v) is 7.96. The van der Waals surface area contributed by atoms with Crippen molar-refractivity contribution in [2.24, 2.45) is 7.05 Å². The van der Waals surface area contributed by atoms with Crippen LogP contribution in [0.25, 0.3) is 0 Å². The zero-order chi connectivity index (χ0) is 8.43. The average molecular weight is 214 g/mol. The molecule has 1 aromatic heterocycles. The Morgan fingerprint density at radius 2 is 2.45 bits per heavy atom. The molecule has 0 aliphatic carbocycles. The van der Waals surface area contributed by atoms with E-state index in [-0.39, 0.29) is 5.92 Å². The maximum absolute atomic E-state index is 8.61. The van der Waals surface area contributed by atoms with Crippen molar-refractivity contribution in [3.05, 3.63) is 16.4 Å². The van der Waals surface area contributed by atoms with E-state index in [1.54, 1.807) is 10.9 Å². The molecule has 0 fully saturated rings. The fourth-order valence-electron chi connectivity index (χ4n) is 0.800. The smallest absolute Gasteiger partial charge is 0.108 e. The van der Waals surface area contributed by atoms with Gasteiger partial charge in [0.1, 0.15) is 4.60 Å². The third-order valence-electron chi connectivity index (χ3n) is 1.55. The molecule has 0 N–H and O–H groups in total. The molecule has 0 saturated carbocycles. The maximum atomic E-state index is 8.61. The minimum atomic E-state index is -0.0990. The molecule has 0 spiro atoms. The molecule has 58 valence electrons. The molecule has 11 heavy (non-hydrogen) atoms. The van der Waals surface area contributed by atoms with Crippen LogP contribution in [0.4, 0.5) is 0 Å². The van der Waals surface area contributed by atoms with E-state index in [1.807, 2.05) is 14.0 Å². The van der Waals surface area contributed by atoms with Crippen LogP contribution in [-0.4, -0.2) is 9.78 Å². The molecule has 0 radical (unpaired) electrons. The molecule has 4 heteroatoms. The number of halogens is 1. The molecule has 3 nitrogen and oxygen atoms in total. The number of aromatic nitrogens is 2. The molecule has 0 amide bonds. The van der Waals surface area contributed by atoms with Gasteiger partial charge in [-0.05, 0) is 22.9 Å². The van der Waals surface area contributed by atoms with Gasteiger partial charge in [-0.15, -0.1) is 0 Å². The van der Waals surface area contributed by atoms with Gasteiger partial charge >= 0.3 is 0 Å². The van der Waals surface area contributed by atoms with Gasteiger partial charge in [0.2, 0.25) is 0 Å². The van der Waals surface area contributed by atoms with Crippen LogP contribution in [0.1, 0.15) is 18.4 Å². The monoisotopic (exact) mass is 213 g/mol. The van der Waals surface area contributed by atoms with Crippen LogP contribution < -0.4 is 0 Å². The quantitative estimate of drug-likeness (QED) is 0.715. The van der Waals surface area contributed by atoms with Crippen LogP contribution in [0.5, 0.6) is 0 Å². The van der Waals surface area contributed by atoms with Crippen LogP contribution in [0.15, 0.2) is 10.8 Å². The van der Waals surface area contributed by atoms with Crippen LogP contribution >= 0.6 is 15.9 Å². The highest BCUT2D eigenvalue weighted by molar-refractivity contribution is 9.10. The van der Waals surface area contributed by atoms with Gasteiger partial charge in [-0.3, -0.25) is 4.68 Å². The fraction of sp³-hybridized carbons (Fsp3) is 0.429. The molecule has 1 aromatic rings. The van der Waals surface area contributed by atoms with Crippen molar-refractivity contribution in [2.45, 2.75) is 12.8 Å². The Kier molecular flexibility index (Phi) is 2.30. The van der Waals surface area contributed by atoms with Crippen LogP contribution in [0.3, 0.4) is 0 Å². The van der Waals surface area contributed by atoms with Crippen molar-refractivity contribution in [2.75, 3.05) is 0 Å². The lowest BCUT2D eigenvalue weighted by atomic mass is 10.1. The first kappa shape index (κ1) is 8.28. The second-order valence-corrected chi connectivity index (χ2v) is 3.12. The van der Waals surface area contributed by atoms with Crippen LogP contribution in [-0.2, 0) is 7.05 Å². The van der Waals surface area contributed by atoms with Gasteiger partial charge in [0, 0.05) is 12.6 Å². The minimum absolute atomic E-state index is 0.0990. The van der Waals surface area contributed by atoms with Gasteiger partial charge in [0.15, 0.2) is 0 Å². The Bertz CT molecular complexity index is 297. The third-order valence-corrected chi connectivity index (χ3v) is 2.52. The molecule has 1 heterocycles. The molecule has 0 saturated heterocycles. The predicted octanol–water partition coefficient (Wildman–Crippen LogP) is 1.81. The summed E-state index contributed by atoms with van der Waals surface area (Å²) in [4.78, 5) is 0. The molecule has 0 aromatic carbocycles. The third kappa shape index (κ3) is 1.43. The number of nitrogens with zero attached hydrogens (tertiary/aromatic N) is 3. The lowest BCUT2D eigenvalue weighted by Crippen LogP contribution is -1.92. The molecule has 0 bridgehead atoms. The van der Waals surface area contributed by atoms with Gasteiger partial charge in [-0.2, -0.15) is 10.4 Å². The van der Waals surface area contributed by atoms with Gasteiger partial charge < -0.3 is 0 Å². The average Bonchev–Trinajstić information content (AvgIpc) is 2.32. The van der Waals surface area contributed by atoms with Crippen molar-refractivity contribution in [3.8, 4) is 6.07 Å². The molecule has 0 aliphatic heterocycles. The zero-order valence-electron chi connectivity index (χ0n) is 6.37. The van der Waals surface area contributed by atoms with E-state index in [0.29, 0.717) is 0 Å². The normalized spacial score (nSPS) is 12.5. The number of nitriles is 1.